The lowest BCUT2D eigenvalue weighted by Crippen LogP contribution is -2.20. The van der Waals surface area contributed by atoms with Gasteiger partial charge in [0.25, 0.3) is 15.9 Å². The zero-order valence-electron chi connectivity index (χ0n) is 17.1. The van der Waals surface area contributed by atoms with Gasteiger partial charge >= 0.3 is 0 Å². The van der Waals surface area contributed by atoms with Crippen molar-refractivity contribution in [3.63, 3.8) is 0 Å². The minimum Gasteiger partial charge on any atom is -0.484 e. The minimum absolute atomic E-state index is 0.109. The number of sulfonamides is 1. The molecule has 1 amide bonds. The molecule has 0 saturated heterocycles. The number of aryl methyl sites for hydroxylation is 3. The number of amides is 1. The quantitative estimate of drug-likeness (QED) is 0.588. The van der Waals surface area contributed by atoms with Gasteiger partial charge in [-0.1, -0.05) is 23.8 Å². The first kappa shape index (κ1) is 21.4. The van der Waals surface area contributed by atoms with Gasteiger partial charge in [0.1, 0.15) is 5.75 Å². The highest BCUT2D eigenvalue weighted by molar-refractivity contribution is 7.92. The Labute approximate surface area is 177 Å². The van der Waals surface area contributed by atoms with Crippen LogP contribution < -0.4 is 14.8 Å². The van der Waals surface area contributed by atoms with E-state index in [0.717, 1.165) is 16.7 Å². The molecule has 7 heteroatoms. The predicted molar refractivity (Wildman–Crippen MR) is 118 cm³/mol. The standard InChI is InChI=1S/C23H24N2O4S/c1-16-4-6-19(7-5-16)24-23(26)15-29-21-8-10-22(11-9-21)30(27,28)25-20-13-17(2)12-18(3)14-20/h4-14,25H,15H2,1-3H3,(H,24,26). The van der Waals surface area contributed by atoms with E-state index in [9.17, 15) is 13.2 Å². The summed E-state index contributed by atoms with van der Waals surface area (Å²) >= 11 is 0. The van der Waals surface area contributed by atoms with Crippen LogP contribution in [-0.2, 0) is 14.8 Å². The maximum absolute atomic E-state index is 12.6. The van der Waals surface area contributed by atoms with Gasteiger partial charge in [-0.3, -0.25) is 9.52 Å². The van der Waals surface area contributed by atoms with E-state index in [0.29, 0.717) is 17.1 Å². The van der Waals surface area contributed by atoms with Crippen LogP contribution in [0.2, 0.25) is 0 Å². The molecular weight excluding hydrogens is 400 g/mol. The predicted octanol–water partition coefficient (Wildman–Crippen LogP) is 4.43. The summed E-state index contributed by atoms with van der Waals surface area (Å²) < 4.78 is 33.3. The molecule has 0 atom stereocenters. The largest absolute Gasteiger partial charge is 0.484 e. The molecule has 0 aliphatic carbocycles. The van der Waals surface area contributed by atoms with Crippen molar-refractivity contribution in [2.75, 3.05) is 16.6 Å². The van der Waals surface area contributed by atoms with Crippen molar-refractivity contribution >= 4 is 27.3 Å². The van der Waals surface area contributed by atoms with Crippen LogP contribution in [0, 0.1) is 20.8 Å². The van der Waals surface area contributed by atoms with Gasteiger partial charge in [0.05, 0.1) is 4.90 Å². The van der Waals surface area contributed by atoms with Gasteiger partial charge < -0.3 is 10.1 Å². The number of carbonyl (C=O) groups excluding carboxylic acids is 1. The fraction of sp³-hybridized carbons (Fsp3) is 0.174. The molecule has 0 radical (unpaired) electrons. The number of benzene rings is 3. The van der Waals surface area contributed by atoms with E-state index in [4.69, 9.17) is 4.74 Å². The molecule has 3 aromatic carbocycles. The first-order valence-electron chi connectivity index (χ1n) is 9.42. The molecule has 0 heterocycles. The number of hydrogen-bond donors (Lipinski definition) is 2. The molecule has 3 rings (SSSR count). The molecule has 0 aromatic heterocycles. The molecule has 2 N–H and O–H groups in total. The summed E-state index contributed by atoms with van der Waals surface area (Å²) in [4.78, 5) is 12.1. The third-order valence-electron chi connectivity index (χ3n) is 4.31. The van der Waals surface area contributed by atoms with Crippen molar-refractivity contribution in [2.24, 2.45) is 0 Å². The van der Waals surface area contributed by atoms with Crippen molar-refractivity contribution in [1.29, 1.82) is 0 Å². The zero-order valence-corrected chi connectivity index (χ0v) is 17.9. The lowest BCUT2D eigenvalue weighted by Gasteiger charge is -2.11. The SMILES string of the molecule is Cc1ccc(NC(=O)COc2ccc(S(=O)(=O)Nc3cc(C)cc(C)c3)cc2)cc1. The summed E-state index contributed by atoms with van der Waals surface area (Å²) in [5, 5.41) is 2.74. The van der Waals surface area contributed by atoms with Crippen LogP contribution in [0.5, 0.6) is 5.75 Å². The average molecular weight is 425 g/mol. The molecule has 0 unspecified atom stereocenters. The molecule has 0 spiro atoms. The lowest BCUT2D eigenvalue weighted by atomic mass is 10.1. The Morgan fingerprint density at radius 2 is 1.40 bits per heavy atom. The molecule has 0 bridgehead atoms. The van der Waals surface area contributed by atoms with Crippen molar-refractivity contribution in [3.05, 3.63) is 83.4 Å². The molecule has 3 aromatic rings. The minimum atomic E-state index is -3.72. The molecule has 0 aliphatic rings. The molecule has 0 fully saturated rings. The van der Waals surface area contributed by atoms with E-state index in [-0.39, 0.29) is 17.4 Å². The normalized spacial score (nSPS) is 11.0. The van der Waals surface area contributed by atoms with Gasteiger partial charge in [-0.25, -0.2) is 8.42 Å². The summed E-state index contributed by atoms with van der Waals surface area (Å²) in [6.45, 7) is 5.61. The number of hydrogen-bond acceptors (Lipinski definition) is 4. The summed E-state index contributed by atoms with van der Waals surface area (Å²) in [5.74, 6) is 0.103. The summed E-state index contributed by atoms with van der Waals surface area (Å²) in [5.41, 5.74) is 4.25. The number of nitrogens with one attached hydrogen (secondary N) is 2. The summed E-state index contributed by atoms with van der Waals surface area (Å²) in [6, 6.07) is 18.9. The highest BCUT2D eigenvalue weighted by Crippen LogP contribution is 2.21. The Morgan fingerprint density at radius 3 is 2.00 bits per heavy atom. The number of rotatable bonds is 7. The van der Waals surface area contributed by atoms with Crippen LogP contribution in [0.25, 0.3) is 0 Å². The Balaban J connectivity index is 1.59. The highest BCUT2D eigenvalue weighted by Gasteiger charge is 2.15. The Hall–Kier alpha value is -3.32. The first-order valence-corrected chi connectivity index (χ1v) is 10.9. The fourth-order valence-electron chi connectivity index (χ4n) is 2.95. The molecular formula is C23H24N2O4S. The third kappa shape index (κ3) is 5.84. The lowest BCUT2D eigenvalue weighted by molar-refractivity contribution is -0.118. The Kier molecular flexibility index (Phi) is 6.42. The van der Waals surface area contributed by atoms with Gasteiger partial charge in [-0.2, -0.15) is 0 Å². The molecule has 6 nitrogen and oxygen atoms in total. The molecule has 156 valence electrons. The maximum Gasteiger partial charge on any atom is 0.262 e. The number of anilines is 2. The van der Waals surface area contributed by atoms with Gasteiger partial charge in [-0.05, 0) is 80.4 Å². The van der Waals surface area contributed by atoms with E-state index in [1.807, 2.05) is 51.1 Å². The average Bonchev–Trinajstić information content (AvgIpc) is 2.67. The van der Waals surface area contributed by atoms with Crippen LogP contribution in [0.15, 0.2) is 71.6 Å². The van der Waals surface area contributed by atoms with Crippen LogP contribution in [0.3, 0.4) is 0 Å². The Bertz CT molecular complexity index is 1120. The molecule has 0 aliphatic heterocycles. The molecule has 30 heavy (non-hydrogen) atoms. The van der Waals surface area contributed by atoms with E-state index in [1.54, 1.807) is 12.1 Å². The van der Waals surface area contributed by atoms with E-state index >= 15 is 0 Å². The van der Waals surface area contributed by atoms with E-state index < -0.39 is 10.0 Å². The van der Waals surface area contributed by atoms with Gasteiger partial charge in [-0.15, -0.1) is 0 Å². The van der Waals surface area contributed by atoms with Crippen LogP contribution in [0.4, 0.5) is 11.4 Å². The van der Waals surface area contributed by atoms with Crippen LogP contribution >= 0.6 is 0 Å². The number of ether oxygens (including phenoxy) is 1. The topological polar surface area (TPSA) is 84.5 Å². The maximum atomic E-state index is 12.6. The fourth-order valence-corrected chi connectivity index (χ4v) is 3.99. The Morgan fingerprint density at radius 1 is 0.800 bits per heavy atom. The van der Waals surface area contributed by atoms with Crippen molar-refractivity contribution in [3.8, 4) is 5.75 Å². The monoisotopic (exact) mass is 424 g/mol. The van der Waals surface area contributed by atoms with Gasteiger partial charge in [0.2, 0.25) is 0 Å². The smallest absolute Gasteiger partial charge is 0.262 e. The summed E-state index contributed by atoms with van der Waals surface area (Å²) in [7, 11) is -3.72. The van der Waals surface area contributed by atoms with Gasteiger partial charge in [0.15, 0.2) is 6.61 Å². The zero-order chi connectivity index (χ0) is 21.7. The summed E-state index contributed by atoms with van der Waals surface area (Å²) in [6.07, 6.45) is 0. The van der Waals surface area contributed by atoms with Crippen LogP contribution in [-0.4, -0.2) is 20.9 Å². The third-order valence-corrected chi connectivity index (χ3v) is 5.71. The highest BCUT2D eigenvalue weighted by atomic mass is 32.2. The van der Waals surface area contributed by atoms with Crippen molar-refractivity contribution in [1.82, 2.24) is 0 Å². The second-order valence-electron chi connectivity index (χ2n) is 7.16. The second-order valence-corrected chi connectivity index (χ2v) is 8.84. The van der Waals surface area contributed by atoms with Crippen molar-refractivity contribution < 1.29 is 17.9 Å². The van der Waals surface area contributed by atoms with Crippen LogP contribution in [0.1, 0.15) is 16.7 Å². The molecule has 0 saturated carbocycles. The van der Waals surface area contributed by atoms with E-state index in [2.05, 4.69) is 10.0 Å². The van der Waals surface area contributed by atoms with Crippen molar-refractivity contribution in [2.45, 2.75) is 25.7 Å². The van der Waals surface area contributed by atoms with Gasteiger partial charge in [0, 0.05) is 11.4 Å². The second kappa shape index (κ2) is 9.00. The first-order chi connectivity index (χ1) is 14.2. The number of carbonyl (C=O) groups is 1. The van der Waals surface area contributed by atoms with E-state index in [1.165, 1.54) is 24.3 Å².